The van der Waals surface area contributed by atoms with Crippen LogP contribution >= 0.6 is 0 Å². The number of ether oxygens (including phenoxy) is 2. The largest absolute Gasteiger partial charge is 0.493 e. The van der Waals surface area contributed by atoms with Crippen molar-refractivity contribution in [2.75, 3.05) is 37.9 Å². The highest BCUT2D eigenvalue weighted by molar-refractivity contribution is 5.93. The quantitative estimate of drug-likeness (QED) is 0.386. The van der Waals surface area contributed by atoms with Crippen molar-refractivity contribution in [3.63, 3.8) is 0 Å². The van der Waals surface area contributed by atoms with E-state index in [9.17, 15) is 9.18 Å². The van der Waals surface area contributed by atoms with Crippen LogP contribution in [0.1, 0.15) is 6.42 Å². The predicted octanol–water partition coefficient (Wildman–Crippen LogP) is 3.44. The number of carbonyl (C=O) groups excluding carboxylic acids is 1. The highest BCUT2D eigenvalue weighted by Crippen LogP contribution is 2.36. The number of methoxy groups -OCH3 is 1. The first kappa shape index (κ1) is 23.5. The Morgan fingerprint density at radius 2 is 2.08 bits per heavy atom. The van der Waals surface area contributed by atoms with E-state index in [2.05, 4.69) is 37.6 Å². The van der Waals surface area contributed by atoms with Crippen LogP contribution in [0.4, 0.5) is 21.6 Å². The van der Waals surface area contributed by atoms with Crippen molar-refractivity contribution in [2.24, 2.45) is 0 Å². The summed E-state index contributed by atoms with van der Waals surface area (Å²) < 4.78 is 26.6. The molecule has 2 aromatic carbocycles. The molecule has 5 rings (SSSR count). The molecule has 36 heavy (non-hydrogen) atoms. The van der Waals surface area contributed by atoms with Gasteiger partial charge < -0.3 is 25.0 Å². The lowest BCUT2D eigenvalue weighted by atomic mass is 10.2. The Morgan fingerprint density at radius 1 is 1.19 bits per heavy atom. The molecule has 0 bridgehead atoms. The Morgan fingerprint density at radius 3 is 2.86 bits per heavy atom. The summed E-state index contributed by atoms with van der Waals surface area (Å²) in [7, 11) is 3.68. The molecular formula is C25H26FN7O3. The molecular weight excluding hydrogens is 465 g/mol. The van der Waals surface area contributed by atoms with E-state index < -0.39 is 5.82 Å². The Bertz CT molecular complexity index is 1390. The molecule has 1 unspecified atom stereocenters. The van der Waals surface area contributed by atoms with Crippen LogP contribution in [0.3, 0.4) is 0 Å². The zero-order valence-electron chi connectivity index (χ0n) is 19.9. The van der Waals surface area contributed by atoms with Gasteiger partial charge in [-0.25, -0.2) is 14.4 Å². The molecule has 3 heterocycles. The van der Waals surface area contributed by atoms with Crippen molar-refractivity contribution in [1.82, 2.24) is 24.6 Å². The maximum Gasteiger partial charge on any atom is 0.246 e. The smallest absolute Gasteiger partial charge is 0.246 e. The summed E-state index contributed by atoms with van der Waals surface area (Å²) in [6.07, 6.45) is 5.78. The average Bonchev–Trinajstić information content (AvgIpc) is 3.47. The summed E-state index contributed by atoms with van der Waals surface area (Å²) in [5, 5.41) is 10.9. The van der Waals surface area contributed by atoms with Gasteiger partial charge in [0.2, 0.25) is 5.91 Å². The number of nitrogens with zero attached hydrogens (tertiary/aromatic N) is 5. The topological polar surface area (TPSA) is 106 Å². The third kappa shape index (κ3) is 5.36. The number of anilines is 3. The summed E-state index contributed by atoms with van der Waals surface area (Å²) in [6, 6.07) is 9.44. The molecule has 0 aliphatic carbocycles. The van der Waals surface area contributed by atoms with E-state index in [0.29, 0.717) is 34.2 Å². The van der Waals surface area contributed by atoms with Crippen LogP contribution in [-0.4, -0.2) is 63.9 Å². The molecule has 2 aromatic heterocycles. The van der Waals surface area contributed by atoms with Gasteiger partial charge in [0.05, 0.1) is 24.5 Å². The SMILES string of the molecule is COc1cc2ncnc(Nc3cnn(CC(=O)Nc4cccc(F)c4)c3)c2cc1OC1CCN(C)C1. The second-order valence-electron chi connectivity index (χ2n) is 8.64. The Labute approximate surface area is 207 Å². The standard InChI is InChI=1S/C25H26FN7O3/c1-32-7-6-19(13-32)36-23-9-20-21(10-22(23)35-2)27-15-28-25(20)31-18-11-29-33(12-18)14-24(34)30-17-5-3-4-16(26)8-17/h3-5,8-12,15,19H,6-7,13-14H2,1-2H3,(H,30,34)(H,27,28,31). The number of carbonyl (C=O) groups is 1. The monoisotopic (exact) mass is 491 g/mol. The first-order chi connectivity index (χ1) is 17.5. The zero-order valence-corrected chi connectivity index (χ0v) is 19.9. The van der Waals surface area contributed by atoms with Crippen LogP contribution in [0.5, 0.6) is 11.5 Å². The van der Waals surface area contributed by atoms with E-state index in [1.54, 1.807) is 25.6 Å². The second kappa shape index (κ2) is 10.2. The molecule has 4 aromatic rings. The Hall–Kier alpha value is -4.25. The van der Waals surface area contributed by atoms with Crippen LogP contribution < -0.4 is 20.1 Å². The predicted molar refractivity (Wildman–Crippen MR) is 133 cm³/mol. The maximum absolute atomic E-state index is 13.3. The molecule has 1 aliphatic heterocycles. The molecule has 1 atom stereocenters. The van der Waals surface area contributed by atoms with Gasteiger partial charge in [0.15, 0.2) is 11.5 Å². The number of likely N-dealkylation sites (tertiary alicyclic amines) is 1. The summed E-state index contributed by atoms with van der Waals surface area (Å²) in [5.74, 6) is 1.07. The van der Waals surface area contributed by atoms with Gasteiger partial charge in [-0.05, 0) is 37.7 Å². The minimum absolute atomic E-state index is 0.0340. The van der Waals surface area contributed by atoms with Crippen molar-refractivity contribution in [2.45, 2.75) is 19.1 Å². The van der Waals surface area contributed by atoms with Crippen LogP contribution in [0.15, 0.2) is 55.1 Å². The van der Waals surface area contributed by atoms with Gasteiger partial charge in [-0.3, -0.25) is 9.48 Å². The normalized spacial score (nSPS) is 15.7. The molecule has 1 fully saturated rings. The van der Waals surface area contributed by atoms with Gasteiger partial charge in [-0.15, -0.1) is 0 Å². The van der Waals surface area contributed by atoms with E-state index in [1.165, 1.54) is 29.2 Å². The van der Waals surface area contributed by atoms with E-state index in [4.69, 9.17) is 9.47 Å². The van der Waals surface area contributed by atoms with Crippen molar-refractivity contribution >= 4 is 34.0 Å². The molecule has 11 heteroatoms. The summed E-state index contributed by atoms with van der Waals surface area (Å²) >= 11 is 0. The molecule has 1 aliphatic rings. The molecule has 1 amide bonds. The van der Waals surface area contributed by atoms with E-state index in [1.807, 2.05) is 12.1 Å². The second-order valence-corrected chi connectivity index (χ2v) is 8.64. The minimum Gasteiger partial charge on any atom is -0.493 e. The fourth-order valence-corrected chi connectivity index (χ4v) is 4.15. The lowest BCUT2D eigenvalue weighted by molar-refractivity contribution is -0.116. The first-order valence-corrected chi connectivity index (χ1v) is 11.5. The number of likely N-dealkylation sites (N-methyl/N-ethyl adjacent to an activating group) is 1. The van der Waals surface area contributed by atoms with Gasteiger partial charge >= 0.3 is 0 Å². The number of amides is 1. The van der Waals surface area contributed by atoms with Crippen LogP contribution in [-0.2, 0) is 11.3 Å². The summed E-state index contributed by atoms with van der Waals surface area (Å²) in [5.41, 5.74) is 1.72. The minimum atomic E-state index is -0.419. The molecule has 0 radical (unpaired) electrons. The van der Waals surface area contributed by atoms with Crippen molar-refractivity contribution in [3.8, 4) is 11.5 Å². The first-order valence-electron chi connectivity index (χ1n) is 11.5. The highest BCUT2D eigenvalue weighted by Gasteiger charge is 2.23. The van der Waals surface area contributed by atoms with Crippen LogP contribution in [0, 0.1) is 5.82 Å². The van der Waals surface area contributed by atoms with E-state index >= 15 is 0 Å². The number of fused-ring (bicyclic) bond motifs is 1. The number of benzene rings is 2. The number of rotatable bonds is 8. The summed E-state index contributed by atoms with van der Waals surface area (Å²) in [4.78, 5) is 23.3. The molecule has 0 spiro atoms. The maximum atomic E-state index is 13.3. The lowest BCUT2D eigenvalue weighted by Gasteiger charge is -2.17. The Balaban J connectivity index is 1.32. The van der Waals surface area contributed by atoms with E-state index in [0.717, 1.165) is 24.9 Å². The van der Waals surface area contributed by atoms with E-state index in [-0.39, 0.29) is 18.6 Å². The number of hydrogen-bond acceptors (Lipinski definition) is 8. The van der Waals surface area contributed by atoms with Gasteiger partial charge in [-0.2, -0.15) is 5.10 Å². The number of aromatic nitrogens is 4. The number of hydrogen-bond donors (Lipinski definition) is 2. The lowest BCUT2D eigenvalue weighted by Crippen LogP contribution is -2.21. The fraction of sp³-hybridized carbons (Fsp3) is 0.280. The zero-order chi connectivity index (χ0) is 25.1. The van der Waals surface area contributed by atoms with Gasteiger partial charge in [-0.1, -0.05) is 6.07 Å². The number of nitrogens with one attached hydrogen (secondary N) is 2. The molecule has 0 saturated carbocycles. The van der Waals surface area contributed by atoms with Gasteiger partial charge in [0, 0.05) is 36.4 Å². The van der Waals surface area contributed by atoms with Gasteiger partial charge in [0.1, 0.15) is 30.6 Å². The van der Waals surface area contributed by atoms with Gasteiger partial charge in [0.25, 0.3) is 0 Å². The van der Waals surface area contributed by atoms with Crippen molar-refractivity contribution in [3.05, 3.63) is 60.9 Å². The third-order valence-electron chi connectivity index (χ3n) is 5.87. The average molecular weight is 492 g/mol. The highest BCUT2D eigenvalue weighted by atomic mass is 19.1. The molecule has 186 valence electrons. The van der Waals surface area contributed by atoms with Crippen molar-refractivity contribution < 1.29 is 18.7 Å². The van der Waals surface area contributed by atoms with Crippen LogP contribution in [0.25, 0.3) is 10.9 Å². The molecule has 2 N–H and O–H groups in total. The number of halogens is 1. The third-order valence-corrected chi connectivity index (χ3v) is 5.87. The van der Waals surface area contributed by atoms with Crippen molar-refractivity contribution in [1.29, 1.82) is 0 Å². The Kier molecular flexibility index (Phi) is 6.63. The van der Waals surface area contributed by atoms with Crippen LogP contribution in [0.2, 0.25) is 0 Å². The molecule has 10 nitrogen and oxygen atoms in total. The molecule has 1 saturated heterocycles. The fourth-order valence-electron chi connectivity index (χ4n) is 4.15. The summed E-state index contributed by atoms with van der Waals surface area (Å²) in [6.45, 7) is 1.80.